The van der Waals surface area contributed by atoms with Crippen molar-refractivity contribution in [3.8, 4) is 12.1 Å². The van der Waals surface area contributed by atoms with Crippen molar-refractivity contribution >= 4 is 46.4 Å². The van der Waals surface area contributed by atoms with Gasteiger partial charge in [0.1, 0.15) is 11.6 Å². The maximum Gasteiger partial charge on any atom is 0.234 e. The highest BCUT2D eigenvalue weighted by Gasteiger charge is 2.32. The topological polar surface area (TPSA) is 164 Å². The molecule has 1 amide bonds. The van der Waals surface area contributed by atoms with Crippen molar-refractivity contribution in [1.29, 1.82) is 10.5 Å². The van der Waals surface area contributed by atoms with Gasteiger partial charge in [0.05, 0.1) is 40.3 Å². The number of nitrogens with one attached hydrogen (secondary N) is 2. The number of aromatic nitrogens is 4. The monoisotopic (exact) mass is 533 g/mol. The molecule has 2 aliphatic rings. The number of nitrogens with zero attached hydrogens (tertiary/aromatic N) is 8. The number of carbonyl (C=O) groups is 1. The Labute approximate surface area is 225 Å². The fourth-order valence-corrected chi connectivity index (χ4v) is 4.95. The van der Waals surface area contributed by atoms with Crippen LogP contribution < -0.4 is 21.3 Å². The molecular weight excluding hydrogens is 506 g/mol. The fourth-order valence-electron chi connectivity index (χ4n) is 4.69. The van der Waals surface area contributed by atoms with Crippen LogP contribution in [-0.4, -0.2) is 68.1 Å². The average molecular weight is 534 g/mol. The van der Waals surface area contributed by atoms with Crippen LogP contribution >= 0.6 is 11.6 Å². The molecule has 1 saturated heterocycles. The second kappa shape index (κ2) is 10.3. The number of halogens is 1. The number of anilines is 4. The Hall–Kier alpha value is -4.13. The minimum Gasteiger partial charge on any atom is -0.368 e. The number of piperazine rings is 1. The number of amides is 1. The van der Waals surface area contributed by atoms with E-state index in [9.17, 15) is 15.3 Å². The number of benzene rings is 1. The Morgan fingerprint density at radius 1 is 1.26 bits per heavy atom. The van der Waals surface area contributed by atoms with Crippen LogP contribution in [0.15, 0.2) is 18.3 Å². The van der Waals surface area contributed by atoms with Crippen molar-refractivity contribution in [1.82, 2.24) is 24.5 Å². The molecule has 0 spiro atoms. The Kier molecular flexibility index (Phi) is 6.93. The lowest BCUT2D eigenvalue weighted by atomic mass is 10.0. The molecule has 196 valence electrons. The molecule has 0 bridgehead atoms. The molecule has 4 N–H and O–H groups in total. The van der Waals surface area contributed by atoms with Crippen molar-refractivity contribution in [3.05, 3.63) is 34.5 Å². The van der Waals surface area contributed by atoms with Gasteiger partial charge < -0.3 is 21.3 Å². The van der Waals surface area contributed by atoms with E-state index in [4.69, 9.17) is 17.3 Å². The molecule has 1 aliphatic heterocycles. The third-order valence-electron chi connectivity index (χ3n) is 7.08. The van der Waals surface area contributed by atoms with E-state index in [2.05, 4.69) is 54.6 Å². The van der Waals surface area contributed by atoms with Gasteiger partial charge in [-0.1, -0.05) is 18.5 Å². The molecule has 2 aromatic heterocycles. The number of primary amides is 1. The number of hydrogen-bond acceptors (Lipinski definition) is 10. The van der Waals surface area contributed by atoms with E-state index in [1.54, 1.807) is 12.1 Å². The highest BCUT2D eigenvalue weighted by atomic mass is 35.5. The Morgan fingerprint density at radius 3 is 2.71 bits per heavy atom. The lowest BCUT2D eigenvalue weighted by Gasteiger charge is -2.44. The third kappa shape index (κ3) is 4.88. The molecule has 1 aromatic carbocycles. The first-order chi connectivity index (χ1) is 18.3. The molecule has 2 fully saturated rings. The molecule has 12 nitrogen and oxygen atoms in total. The third-order valence-corrected chi connectivity index (χ3v) is 7.48. The number of nitriles is 2. The highest BCUT2D eigenvalue weighted by Crippen LogP contribution is 2.38. The van der Waals surface area contributed by atoms with Crippen LogP contribution in [0.5, 0.6) is 0 Å². The summed E-state index contributed by atoms with van der Waals surface area (Å²) in [7, 11) is 0. The lowest BCUT2D eigenvalue weighted by molar-refractivity contribution is -0.123. The molecule has 0 unspecified atom stereocenters. The van der Waals surface area contributed by atoms with E-state index in [-0.39, 0.29) is 23.9 Å². The maximum atomic E-state index is 11.8. The Bertz CT molecular complexity index is 1470. The van der Waals surface area contributed by atoms with Crippen LogP contribution in [0.4, 0.5) is 23.3 Å². The first kappa shape index (κ1) is 25.5. The molecule has 1 aliphatic carbocycles. The van der Waals surface area contributed by atoms with Gasteiger partial charge in [0.2, 0.25) is 17.8 Å². The molecule has 3 heterocycles. The highest BCUT2D eigenvalue weighted by molar-refractivity contribution is 6.36. The van der Waals surface area contributed by atoms with Crippen LogP contribution in [0.25, 0.3) is 5.65 Å². The summed E-state index contributed by atoms with van der Waals surface area (Å²) in [6.07, 6.45) is 4.33. The van der Waals surface area contributed by atoms with Crippen molar-refractivity contribution in [3.63, 3.8) is 0 Å². The van der Waals surface area contributed by atoms with Gasteiger partial charge in [0.15, 0.2) is 5.65 Å². The second-order valence-electron chi connectivity index (χ2n) is 9.62. The second-order valence-corrected chi connectivity index (χ2v) is 10.00. The summed E-state index contributed by atoms with van der Waals surface area (Å²) in [4.78, 5) is 25.1. The van der Waals surface area contributed by atoms with Gasteiger partial charge in [0.25, 0.3) is 0 Å². The van der Waals surface area contributed by atoms with Gasteiger partial charge in [-0.2, -0.15) is 30.1 Å². The minimum absolute atomic E-state index is 0.0665. The number of hydrogen-bond donors (Lipinski definition) is 3. The van der Waals surface area contributed by atoms with E-state index in [1.807, 2.05) is 6.92 Å². The van der Waals surface area contributed by atoms with Gasteiger partial charge in [-0.25, -0.2) is 0 Å². The first-order valence-electron chi connectivity index (χ1n) is 12.6. The number of rotatable bonds is 8. The molecule has 38 heavy (non-hydrogen) atoms. The summed E-state index contributed by atoms with van der Waals surface area (Å²) in [5.74, 6) is 0.349. The molecule has 5 rings (SSSR count). The van der Waals surface area contributed by atoms with E-state index < -0.39 is 0 Å². The van der Waals surface area contributed by atoms with Crippen LogP contribution in [0, 0.1) is 22.7 Å². The smallest absolute Gasteiger partial charge is 0.234 e. The standard InChI is InChI=1S/C25H28ClN11O/c1-3-18-13-35(14(2)22(29)38)6-7-36(18)20-9-15(10-27)8-19(21(20)26)32-24-33-23-16(11-28)12-30-37(23)25(34-24)31-17-4-5-17/h8-9,12,14,17-18H,3-7,13H2,1-2H3,(H2,29,38)(H2,31,32,33,34)/t14-,18+/m1/s1. The van der Waals surface area contributed by atoms with Gasteiger partial charge >= 0.3 is 0 Å². The fraction of sp³-hybridized carbons (Fsp3) is 0.440. The van der Waals surface area contributed by atoms with Crippen LogP contribution in [-0.2, 0) is 4.79 Å². The van der Waals surface area contributed by atoms with Crippen molar-refractivity contribution in [2.45, 2.75) is 51.2 Å². The quantitative estimate of drug-likeness (QED) is 0.392. The van der Waals surface area contributed by atoms with Crippen molar-refractivity contribution < 1.29 is 4.79 Å². The Morgan fingerprint density at radius 2 is 2.05 bits per heavy atom. The molecule has 0 radical (unpaired) electrons. The van der Waals surface area contributed by atoms with Crippen molar-refractivity contribution in [2.24, 2.45) is 5.73 Å². The number of fused-ring (bicyclic) bond motifs is 1. The van der Waals surface area contributed by atoms with Gasteiger partial charge in [-0.3, -0.25) is 9.69 Å². The van der Waals surface area contributed by atoms with E-state index in [0.717, 1.165) is 19.3 Å². The minimum atomic E-state index is -0.364. The molecular formula is C25H28ClN11O. The van der Waals surface area contributed by atoms with E-state index >= 15 is 0 Å². The van der Waals surface area contributed by atoms with Gasteiger partial charge in [0, 0.05) is 31.7 Å². The summed E-state index contributed by atoms with van der Waals surface area (Å²) < 4.78 is 1.51. The zero-order valence-electron chi connectivity index (χ0n) is 21.1. The molecule has 2 atom stereocenters. The van der Waals surface area contributed by atoms with Crippen LogP contribution in [0.3, 0.4) is 0 Å². The first-order valence-corrected chi connectivity index (χ1v) is 12.9. The van der Waals surface area contributed by atoms with Gasteiger partial charge in [-0.05, 0) is 38.3 Å². The summed E-state index contributed by atoms with van der Waals surface area (Å²) in [5.41, 5.74) is 7.84. The molecule has 3 aromatic rings. The molecule has 1 saturated carbocycles. The summed E-state index contributed by atoms with van der Waals surface area (Å²) in [6, 6.07) is 7.76. The number of nitrogens with two attached hydrogens (primary N) is 1. The predicted octanol–water partition coefficient (Wildman–Crippen LogP) is 2.61. The SMILES string of the molecule is CC[C@H]1CN([C@H](C)C(N)=O)CCN1c1cc(C#N)cc(Nc2nc(NC3CC3)n3ncc(C#N)c3n2)c1Cl. The lowest BCUT2D eigenvalue weighted by Crippen LogP contribution is -2.57. The van der Waals surface area contributed by atoms with Crippen molar-refractivity contribution in [2.75, 3.05) is 35.2 Å². The summed E-state index contributed by atoms with van der Waals surface area (Å²) >= 11 is 6.94. The average Bonchev–Trinajstić information content (AvgIpc) is 3.64. The molecule has 13 heteroatoms. The normalized spacial score (nSPS) is 18.6. The largest absolute Gasteiger partial charge is 0.368 e. The summed E-state index contributed by atoms with van der Waals surface area (Å²) in [5, 5.41) is 30.5. The maximum absolute atomic E-state index is 11.8. The number of carbonyl (C=O) groups excluding carboxylic acids is 1. The van der Waals surface area contributed by atoms with E-state index in [0.29, 0.717) is 64.8 Å². The van der Waals surface area contributed by atoms with E-state index in [1.165, 1.54) is 10.7 Å². The summed E-state index contributed by atoms with van der Waals surface area (Å²) in [6.45, 7) is 5.78. The zero-order chi connectivity index (χ0) is 27.0. The Balaban J connectivity index is 1.50. The van der Waals surface area contributed by atoms with Crippen LogP contribution in [0.1, 0.15) is 44.2 Å². The predicted molar refractivity (Wildman–Crippen MR) is 143 cm³/mol. The van der Waals surface area contributed by atoms with Crippen LogP contribution in [0.2, 0.25) is 5.02 Å². The zero-order valence-corrected chi connectivity index (χ0v) is 21.9. The van der Waals surface area contributed by atoms with Gasteiger partial charge in [-0.15, -0.1) is 0 Å².